The van der Waals surface area contributed by atoms with Gasteiger partial charge in [-0.15, -0.1) is 0 Å². The summed E-state index contributed by atoms with van der Waals surface area (Å²) >= 11 is 0. The van der Waals surface area contributed by atoms with Gasteiger partial charge in [0.05, 0.1) is 26.2 Å². The van der Waals surface area contributed by atoms with Crippen LogP contribution in [0.25, 0.3) is 0 Å². The van der Waals surface area contributed by atoms with Crippen LogP contribution in [0.3, 0.4) is 0 Å². The lowest BCUT2D eigenvalue weighted by molar-refractivity contribution is -0.142. The molecular formula is C22H22O8. The summed E-state index contributed by atoms with van der Waals surface area (Å²) in [5, 5.41) is 0. The van der Waals surface area contributed by atoms with Gasteiger partial charge >= 0.3 is 5.97 Å². The Morgan fingerprint density at radius 2 is 1.63 bits per heavy atom. The summed E-state index contributed by atoms with van der Waals surface area (Å²) in [5.41, 5.74) is 0.668. The maximum atomic E-state index is 12.4. The number of ether oxygens (including phenoxy) is 5. The normalized spacial score (nSPS) is 12.1. The molecule has 0 unspecified atom stereocenters. The van der Waals surface area contributed by atoms with Crippen LogP contribution in [-0.4, -0.2) is 51.6 Å². The molecule has 0 amide bonds. The van der Waals surface area contributed by atoms with E-state index >= 15 is 0 Å². The van der Waals surface area contributed by atoms with E-state index in [0.717, 1.165) is 0 Å². The van der Waals surface area contributed by atoms with Crippen molar-refractivity contribution in [3.05, 3.63) is 47.5 Å². The maximum Gasteiger partial charge on any atom is 0.306 e. The van der Waals surface area contributed by atoms with Crippen LogP contribution in [0, 0.1) is 0 Å². The Morgan fingerprint density at radius 1 is 0.867 bits per heavy atom. The summed E-state index contributed by atoms with van der Waals surface area (Å²) in [7, 11) is 2.92. The Bertz CT molecular complexity index is 950. The lowest BCUT2D eigenvalue weighted by Crippen LogP contribution is -2.17. The molecule has 0 aliphatic carbocycles. The van der Waals surface area contributed by atoms with Gasteiger partial charge in [0.1, 0.15) is 24.7 Å². The van der Waals surface area contributed by atoms with Crippen molar-refractivity contribution < 1.29 is 38.1 Å². The number of esters is 1. The first-order valence-corrected chi connectivity index (χ1v) is 9.35. The third-order valence-corrected chi connectivity index (χ3v) is 4.49. The number of ketones is 2. The van der Waals surface area contributed by atoms with Crippen LogP contribution in [0.5, 0.6) is 23.0 Å². The highest BCUT2D eigenvalue weighted by Gasteiger charge is 2.18. The van der Waals surface area contributed by atoms with E-state index in [4.69, 9.17) is 23.7 Å². The molecule has 8 nitrogen and oxygen atoms in total. The van der Waals surface area contributed by atoms with Crippen LogP contribution in [0.15, 0.2) is 36.4 Å². The van der Waals surface area contributed by atoms with Crippen molar-refractivity contribution in [2.75, 3.05) is 34.0 Å². The zero-order valence-corrected chi connectivity index (χ0v) is 16.8. The monoisotopic (exact) mass is 414 g/mol. The van der Waals surface area contributed by atoms with Crippen LogP contribution in [0.1, 0.15) is 33.6 Å². The van der Waals surface area contributed by atoms with Crippen LogP contribution in [0.4, 0.5) is 0 Å². The van der Waals surface area contributed by atoms with Crippen molar-refractivity contribution in [2.45, 2.75) is 12.8 Å². The Hall–Kier alpha value is -3.55. The summed E-state index contributed by atoms with van der Waals surface area (Å²) in [4.78, 5) is 36.7. The molecule has 1 heterocycles. The molecule has 0 bridgehead atoms. The average molecular weight is 414 g/mol. The van der Waals surface area contributed by atoms with Gasteiger partial charge in [-0.05, 0) is 36.4 Å². The van der Waals surface area contributed by atoms with Gasteiger partial charge in [-0.25, -0.2) is 0 Å². The van der Waals surface area contributed by atoms with Gasteiger partial charge in [-0.2, -0.15) is 0 Å². The molecule has 0 saturated heterocycles. The molecule has 0 atom stereocenters. The quantitative estimate of drug-likeness (QED) is 0.456. The number of hydrogen-bond acceptors (Lipinski definition) is 8. The molecular weight excluding hydrogens is 392 g/mol. The third kappa shape index (κ3) is 5.08. The van der Waals surface area contributed by atoms with Crippen LogP contribution >= 0.6 is 0 Å². The smallest absolute Gasteiger partial charge is 0.306 e. The molecule has 0 radical (unpaired) electrons. The fourth-order valence-electron chi connectivity index (χ4n) is 2.90. The summed E-state index contributed by atoms with van der Waals surface area (Å²) in [6.45, 7) is 0.427. The van der Waals surface area contributed by atoms with Gasteiger partial charge in [0.2, 0.25) is 5.78 Å². The number of fused-ring (bicyclic) bond motifs is 1. The minimum absolute atomic E-state index is 0.0465. The zero-order chi connectivity index (χ0) is 21.5. The predicted octanol–water partition coefficient (Wildman–Crippen LogP) is 2.86. The van der Waals surface area contributed by atoms with Gasteiger partial charge < -0.3 is 23.7 Å². The highest BCUT2D eigenvalue weighted by atomic mass is 16.6. The predicted molar refractivity (Wildman–Crippen MR) is 106 cm³/mol. The number of carbonyl (C=O) groups excluding carboxylic acids is 3. The van der Waals surface area contributed by atoms with Gasteiger partial charge in [0.15, 0.2) is 23.9 Å². The lowest BCUT2D eigenvalue weighted by atomic mass is 10.1. The Balaban J connectivity index is 1.51. The van der Waals surface area contributed by atoms with E-state index in [9.17, 15) is 14.4 Å². The molecule has 0 saturated carbocycles. The lowest BCUT2D eigenvalue weighted by Gasteiger charge is -2.18. The van der Waals surface area contributed by atoms with Crippen molar-refractivity contribution in [1.29, 1.82) is 0 Å². The molecule has 0 spiro atoms. The summed E-state index contributed by atoms with van der Waals surface area (Å²) in [6, 6.07) is 9.66. The summed E-state index contributed by atoms with van der Waals surface area (Å²) < 4.78 is 26.2. The largest absolute Gasteiger partial charge is 0.497 e. The van der Waals surface area contributed by atoms with E-state index in [1.54, 1.807) is 30.3 Å². The number of hydrogen-bond donors (Lipinski definition) is 0. The molecule has 0 N–H and O–H groups in total. The first-order chi connectivity index (χ1) is 14.5. The summed E-state index contributed by atoms with van der Waals surface area (Å²) in [6.07, 6.45) is -0.190. The number of Topliss-reactive ketones (excluding diaryl/α,β-unsaturated/α-hetero) is 2. The Labute approximate surface area is 173 Å². The number of rotatable bonds is 9. The van der Waals surface area contributed by atoms with Gasteiger partial charge in [0, 0.05) is 12.0 Å². The van der Waals surface area contributed by atoms with Crippen molar-refractivity contribution in [3.8, 4) is 23.0 Å². The molecule has 1 aliphatic rings. The van der Waals surface area contributed by atoms with Crippen molar-refractivity contribution >= 4 is 17.5 Å². The van der Waals surface area contributed by atoms with Gasteiger partial charge in [-0.3, -0.25) is 14.4 Å². The van der Waals surface area contributed by atoms with Crippen LogP contribution in [-0.2, 0) is 9.53 Å². The molecule has 30 heavy (non-hydrogen) atoms. The zero-order valence-electron chi connectivity index (χ0n) is 16.8. The number of carbonyl (C=O) groups is 3. The molecule has 0 fully saturated rings. The van der Waals surface area contributed by atoms with E-state index in [1.807, 2.05) is 0 Å². The van der Waals surface area contributed by atoms with E-state index in [2.05, 4.69) is 0 Å². The van der Waals surface area contributed by atoms with Gasteiger partial charge in [0.25, 0.3) is 0 Å². The van der Waals surface area contributed by atoms with Crippen molar-refractivity contribution in [2.24, 2.45) is 0 Å². The standard InChI is InChI=1S/C22H22O8/c1-26-15-4-7-19(27-2)16(12-15)18(24)13-30-22(25)8-5-17(23)14-3-6-20-21(11-14)29-10-9-28-20/h3-4,6-7,11-12H,5,8-10,13H2,1-2H3. The van der Waals surface area contributed by atoms with E-state index < -0.39 is 18.4 Å². The van der Waals surface area contributed by atoms with E-state index in [1.165, 1.54) is 20.3 Å². The fourth-order valence-corrected chi connectivity index (χ4v) is 2.90. The van der Waals surface area contributed by atoms with Crippen LogP contribution < -0.4 is 18.9 Å². The van der Waals surface area contributed by atoms with Crippen LogP contribution in [0.2, 0.25) is 0 Å². The topological polar surface area (TPSA) is 97.4 Å². The first kappa shape index (κ1) is 21.2. The molecule has 1 aliphatic heterocycles. The second kappa shape index (κ2) is 9.78. The SMILES string of the molecule is COc1ccc(OC)c(C(=O)COC(=O)CCC(=O)c2ccc3c(c2)OCCO3)c1. The molecule has 2 aromatic carbocycles. The number of methoxy groups -OCH3 is 2. The van der Waals surface area contributed by atoms with E-state index in [0.29, 0.717) is 41.8 Å². The fraction of sp³-hybridized carbons (Fsp3) is 0.318. The molecule has 2 aromatic rings. The highest BCUT2D eigenvalue weighted by Crippen LogP contribution is 2.31. The molecule has 158 valence electrons. The second-order valence-corrected chi connectivity index (χ2v) is 6.43. The number of benzene rings is 2. The average Bonchev–Trinajstić information content (AvgIpc) is 2.80. The van der Waals surface area contributed by atoms with E-state index in [-0.39, 0.29) is 24.2 Å². The Kier molecular flexibility index (Phi) is 6.90. The highest BCUT2D eigenvalue weighted by molar-refractivity contribution is 6.01. The summed E-state index contributed by atoms with van der Waals surface area (Å²) in [5.74, 6) is 0.621. The second-order valence-electron chi connectivity index (χ2n) is 6.43. The Morgan fingerprint density at radius 3 is 2.37 bits per heavy atom. The first-order valence-electron chi connectivity index (χ1n) is 9.35. The molecule has 0 aromatic heterocycles. The molecule has 3 rings (SSSR count). The van der Waals surface area contributed by atoms with Crippen molar-refractivity contribution in [3.63, 3.8) is 0 Å². The minimum Gasteiger partial charge on any atom is -0.497 e. The maximum absolute atomic E-state index is 12.4. The molecule has 8 heteroatoms. The third-order valence-electron chi connectivity index (χ3n) is 4.49. The minimum atomic E-state index is -0.642. The van der Waals surface area contributed by atoms with Gasteiger partial charge in [-0.1, -0.05) is 0 Å². The van der Waals surface area contributed by atoms with Crippen molar-refractivity contribution in [1.82, 2.24) is 0 Å².